The zero-order valence-corrected chi connectivity index (χ0v) is 13.5. The van der Waals surface area contributed by atoms with Gasteiger partial charge in [0.25, 0.3) is 5.91 Å². The summed E-state index contributed by atoms with van der Waals surface area (Å²) in [7, 11) is 0. The third-order valence-corrected chi connectivity index (χ3v) is 4.80. The summed E-state index contributed by atoms with van der Waals surface area (Å²) in [5.74, 6) is 1.11. The van der Waals surface area contributed by atoms with Gasteiger partial charge in [0, 0.05) is 42.8 Å². The summed E-state index contributed by atoms with van der Waals surface area (Å²) in [5.41, 5.74) is 1.88. The zero-order chi connectivity index (χ0) is 14.1. The van der Waals surface area contributed by atoms with E-state index in [1.165, 1.54) is 19.4 Å². The Morgan fingerprint density at radius 3 is 2.60 bits per heavy atom. The molecule has 1 aromatic rings. The molecular weight excluding hydrogens is 316 g/mol. The number of amides is 1. The Hall–Kier alpha value is -0.870. The molecule has 108 valence electrons. The van der Waals surface area contributed by atoms with Gasteiger partial charge in [0.15, 0.2) is 0 Å². The first-order chi connectivity index (χ1) is 9.63. The fourth-order valence-corrected chi connectivity index (χ4v) is 3.16. The lowest BCUT2D eigenvalue weighted by Gasteiger charge is -2.35. The fraction of sp³-hybridized carbons (Fsp3) is 0.562. The molecule has 0 radical (unpaired) electrons. The predicted octanol–water partition coefficient (Wildman–Crippen LogP) is 2.93. The molecule has 0 atom stereocenters. The summed E-state index contributed by atoms with van der Waals surface area (Å²) in [6.07, 6.45) is 2.80. The molecule has 3 nitrogen and oxygen atoms in total. The molecule has 0 aromatic heterocycles. The van der Waals surface area contributed by atoms with Gasteiger partial charge in [0.05, 0.1) is 0 Å². The van der Waals surface area contributed by atoms with Gasteiger partial charge in [-0.1, -0.05) is 22.0 Å². The van der Waals surface area contributed by atoms with Gasteiger partial charge in [-0.25, -0.2) is 0 Å². The van der Waals surface area contributed by atoms with E-state index in [0.29, 0.717) is 0 Å². The minimum Gasteiger partial charge on any atom is -0.336 e. The Morgan fingerprint density at radius 2 is 1.95 bits per heavy atom. The lowest BCUT2D eigenvalue weighted by atomic mass is 10.1. The second kappa shape index (κ2) is 5.86. The monoisotopic (exact) mass is 336 g/mol. The van der Waals surface area contributed by atoms with Crippen molar-refractivity contribution in [2.24, 2.45) is 5.92 Å². The van der Waals surface area contributed by atoms with Gasteiger partial charge < -0.3 is 4.90 Å². The number of nitrogens with zero attached hydrogens (tertiary/aromatic N) is 2. The van der Waals surface area contributed by atoms with E-state index in [1.807, 2.05) is 30.0 Å². The summed E-state index contributed by atoms with van der Waals surface area (Å²) >= 11 is 3.45. The number of aryl methyl sites for hydroxylation is 1. The number of hydrogen-bond donors (Lipinski definition) is 0. The summed E-state index contributed by atoms with van der Waals surface area (Å²) in [4.78, 5) is 17.1. The SMILES string of the molecule is Cc1ccc(Br)cc1C(=O)N1CCN(CC2CC2)CC1. The second-order valence-corrected chi connectivity index (χ2v) is 6.91. The van der Waals surface area contributed by atoms with Crippen LogP contribution in [0.15, 0.2) is 22.7 Å². The standard InChI is InChI=1S/C16H21BrN2O/c1-12-2-5-14(17)10-15(12)16(20)19-8-6-18(7-9-19)11-13-3-4-13/h2,5,10,13H,3-4,6-9,11H2,1H3. The molecule has 1 aromatic carbocycles. The van der Waals surface area contributed by atoms with E-state index in [1.54, 1.807) is 0 Å². The van der Waals surface area contributed by atoms with Crippen LogP contribution < -0.4 is 0 Å². The maximum absolute atomic E-state index is 12.6. The lowest BCUT2D eigenvalue weighted by Crippen LogP contribution is -2.49. The number of carbonyl (C=O) groups excluding carboxylic acids is 1. The molecule has 1 aliphatic heterocycles. The number of benzene rings is 1. The normalized spacial score (nSPS) is 20.2. The van der Waals surface area contributed by atoms with Crippen LogP contribution >= 0.6 is 15.9 Å². The van der Waals surface area contributed by atoms with Crippen molar-refractivity contribution in [3.8, 4) is 0 Å². The minimum absolute atomic E-state index is 0.176. The predicted molar refractivity (Wildman–Crippen MR) is 83.9 cm³/mol. The molecule has 0 bridgehead atoms. The third kappa shape index (κ3) is 3.23. The zero-order valence-electron chi connectivity index (χ0n) is 11.9. The fourth-order valence-electron chi connectivity index (χ4n) is 2.79. The molecule has 3 rings (SSSR count). The first-order valence-electron chi connectivity index (χ1n) is 7.41. The van der Waals surface area contributed by atoms with Gasteiger partial charge in [0.2, 0.25) is 0 Å². The van der Waals surface area contributed by atoms with E-state index in [4.69, 9.17) is 0 Å². The molecule has 2 aliphatic rings. The minimum atomic E-state index is 0.176. The van der Waals surface area contributed by atoms with Gasteiger partial charge >= 0.3 is 0 Å². The Bertz CT molecular complexity index is 505. The highest BCUT2D eigenvalue weighted by molar-refractivity contribution is 9.10. The molecule has 20 heavy (non-hydrogen) atoms. The van der Waals surface area contributed by atoms with E-state index in [0.717, 1.165) is 47.7 Å². The highest BCUT2D eigenvalue weighted by Gasteiger charge is 2.28. The van der Waals surface area contributed by atoms with Crippen molar-refractivity contribution in [3.05, 3.63) is 33.8 Å². The molecule has 1 saturated heterocycles. The van der Waals surface area contributed by atoms with E-state index in [2.05, 4.69) is 20.8 Å². The van der Waals surface area contributed by atoms with Crippen LogP contribution in [0.4, 0.5) is 0 Å². The molecule has 0 N–H and O–H groups in total. The molecule has 1 saturated carbocycles. The van der Waals surface area contributed by atoms with Gasteiger partial charge in [0.1, 0.15) is 0 Å². The molecule has 4 heteroatoms. The van der Waals surface area contributed by atoms with Crippen LogP contribution in [0.5, 0.6) is 0 Å². The van der Waals surface area contributed by atoms with Crippen LogP contribution in [0.25, 0.3) is 0 Å². The Kier molecular flexibility index (Phi) is 4.13. The van der Waals surface area contributed by atoms with Gasteiger partial charge in [-0.3, -0.25) is 9.69 Å². The molecule has 0 unspecified atom stereocenters. The van der Waals surface area contributed by atoms with Crippen LogP contribution in [0.2, 0.25) is 0 Å². The lowest BCUT2D eigenvalue weighted by molar-refractivity contribution is 0.0631. The van der Waals surface area contributed by atoms with Crippen molar-refractivity contribution in [2.45, 2.75) is 19.8 Å². The maximum Gasteiger partial charge on any atom is 0.254 e. The summed E-state index contributed by atoms with van der Waals surface area (Å²) in [6, 6.07) is 5.93. The summed E-state index contributed by atoms with van der Waals surface area (Å²) in [5, 5.41) is 0. The van der Waals surface area contributed by atoms with E-state index in [-0.39, 0.29) is 5.91 Å². The number of hydrogen-bond acceptors (Lipinski definition) is 2. The van der Waals surface area contributed by atoms with E-state index >= 15 is 0 Å². The van der Waals surface area contributed by atoms with Crippen molar-refractivity contribution in [1.82, 2.24) is 9.80 Å². The van der Waals surface area contributed by atoms with Crippen LogP contribution in [-0.2, 0) is 0 Å². The van der Waals surface area contributed by atoms with Crippen molar-refractivity contribution in [1.29, 1.82) is 0 Å². The molecule has 1 heterocycles. The smallest absolute Gasteiger partial charge is 0.254 e. The Balaban J connectivity index is 1.61. The average Bonchev–Trinajstić information content (AvgIpc) is 3.26. The number of carbonyl (C=O) groups is 1. The number of halogens is 1. The first kappa shape index (κ1) is 14.1. The number of rotatable bonds is 3. The molecule has 1 aliphatic carbocycles. The van der Waals surface area contributed by atoms with Crippen LogP contribution in [0.1, 0.15) is 28.8 Å². The van der Waals surface area contributed by atoms with E-state index < -0.39 is 0 Å². The second-order valence-electron chi connectivity index (χ2n) is 6.00. The molecular formula is C16H21BrN2O. The van der Waals surface area contributed by atoms with Crippen molar-refractivity contribution in [3.63, 3.8) is 0 Å². The summed E-state index contributed by atoms with van der Waals surface area (Å²) < 4.78 is 0.971. The van der Waals surface area contributed by atoms with Crippen LogP contribution in [-0.4, -0.2) is 48.4 Å². The Labute approximate surface area is 129 Å². The van der Waals surface area contributed by atoms with Crippen molar-refractivity contribution >= 4 is 21.8 Å². The third-order valence-electron chi connectivity index (χ3n) is 4.30. The van der Waals surface area contributed by atoms with Crippen LogP contribution in [0.3, 0.4) is 0 Å². The van der Waals surface area contributed by atoms with Crippen molar-refractivity contribution in [2.75, 3.05) is 32.7 Å². The molecule has 0 spiro atoms. The van der Waals surface area contributed by atoms with Crippen LogP contribution in [0, 0.1) is 12.8 Å². The topological polar surface area (TPSA) is 23.6 Å². The largest absolute Gasteiger partial charge is 0.336 e. The maximum atomic E-state index is 12.6. The van der Waals surface area contributed by atoms with Crippen molar-refractivity contribution < 1.29 is 4.79 Å². The summed E-state index contributed by atoms with van der Waals surface area (Å²) in [6.45, 7) is 7.00. The highest BCUT2D eigenvalue weighted by atomic mass is 79.9. The molecule has 2 fully saturated rings. The highest BCUT2D eigenvalue weighted by Crippen LogP contribution is 2.30. The molecule has 1 amide bonds. The Morgan fingerprint density at radius 1 is 1.25 bits per heavy atom. The van der Waals surface area contributed by atoms with Gasteiger partial charge in [-0.05, 0) is 43.4 Å². The van der Waals surface area contributed by atoms with E-state index in [9.17, 15) is 4.79 Å². The first-order valence-corrected chi connectivity index (χ1v) is 8.20. The quantitative estimate of drug-likeness (QED) is 0.847. The van der Waals surface area contributed by atoms with Gasteiger partial charge in [-0.2, -0.15) is 0 Å². The van der Waals surface area contributed by atoms with Gasteiger partial charge in [-0.15, -0.1) is 0 Å². The average molecular weight is 337 g/mol. The number of piperazine rings is 1.